The van der Waals surface area contributed by atoms with E-state index in [2.05, 4.69) is 27.3 Å². The summed E-state index contributed by atoms with van der Waals surface area (Å²) in [6.45, 7) is 2.66. The van der Waals surface area contributed by atoms with Crippen LogP contribution in [0.2, 0.25) is 0 Å². The molecular formula is C15H14F2IO4-. The molecule has 1 unspecified atom stereocenters. The first-order chi connectivity index (χ1) is 10.1. The van der Waals surface area contributed by atoms with Gasteiger partial charge in [-0.2, -0.15) is 8.78 Å². The number of carboxylic acid groups (broad SMARTS) is 1. The van der Waals surface area contributed by atoms with Crippen LogP contribution >= 0.6 is 22.6 Å². The number of hydrogen-bond donors (Lipinski definition) is 0. The van der Waals surface area contributed by atoms with Crippen molar-refractivity contribution in [3.05, 3.63) is 39.5 Å². The lowest BCUT2D eigenvalue weighted by molar-refractivity contribution is -0.337. The molecule has 0 radical (unpaired) electrons. The van der Waals surface area contributed by atoms with E-state index < -0.39 is 29.9 Å². The zero-order valence-corrected chi connectivity index (χ0v) is 14.0. The second kappa shape index (κ2) is 7.66. The van der Waals surface area contributed by atoms with Gasteiger partial charge in [-0.1, -0.05) is 26.0 Å². The molecule has 0 aliphatic heterocycles. The van der Waals surface area contributed by atoms with Crippen LogP contribution in [0.15, 0.2) is 30.3 Å². The van der Waals surface area contributed by atoms with Gasteiger partial charge >= 0.3 is 11.9 Å². The van der Waals surface area contributed by atoms with Crippen molar-refractivity contribution in [2.24, 2.45) is 5.92 Å². The first-order valence-corrected chi connectivity index (χ1v) is 7.46. The zero-order chi connectivity index (χ0) is 16.9. The third kappa shape index (κ3) is 5.04. The highest BCUT2D eigenvalue weighted by molar-refractivity contribution is 14.1. The number of aliphatic carboxylic acids is 1. The lowest BCUT2D eigenvalue weighted by Gasteiger charge is -2.29. The summed E-state index contributed by atoms with van der Waals surface area (Å²) in [5.41, 5.74) is 0.685. The minimum Gasteiger partial charge on any atom is -0.544 e. The Morgan fingerprint density at radius 3 is 2.27 bits per heavy atom. The molecule has 0 N–H and O–H groups in total. The van der Waals surface area contributed by atoms with Crippen molar-refractivity contribution in [3.8, 4) is 0 Å². The Balaban J connectivity index is 2.80. The number of carbonyl (C=O) groups is 2. The first kappa shape index (κ1) is 18.5. The Labute approximate surface area is 140 Å². The molecule has 0 bridgehead atoms. The molecule has 0 spiro atoms. The molecule has 0 amide bonds. The van der Waals surface area contributed by atoms with Crippen LogP contribution in [0, 0.1) is 9.49 Å². The van der Waals surface area contributed by atoms with E-state index in [1.54, 1.807) is 12.1 Å². The van der Waals surface area contributed by atoms with Crippen LogP contribution in [0.25, 0.3) is 6.08 Å². The average Bonchev–Trinajstić information content (AvgIpc) is 2.43. The number of hydrogen-bond acceptors (Lipinski definition) is 4. The number of benzene rings is 1. The second-order valence-electron chi connectivity index (χ2n) is 4.90. The smallest absolute Gasteiger partial charge is 0.331 e. The summed E-state index contributed by atoms with van der Waals surface area (Å²) in [6.07, 6.45) is 0.280. The molecule has 0 saturated carbocycles. The Bertz CT molecular complexity index is 567. The molecule has 22 heavy (non-hydrogen) atoms. The highest BCUT2D eigenvalue weighted by atomic mass is 127. The van der Waals surface area contributed by atoms with Crippen LogP contribution in [0.1, 0.15) is 19.4 Å². The standard InChI is InChI=1S/C15H15F2IO4/c1-9(2)13(15(16,17)14(20)21)22-12(19)8-5-10-3-6-11(18)7-4-10/h3-9,13H,1-2H3,(H,20,21)/p-1/b8-5+. The lowest BCUT2D eigenvalue weighted by atomic mass is 10.0. The van der Waals surface area contributed by atoms with E-state index in [0.717, 1.165) is 9.65 Å². The Hall–Kier alpha value is -1.51. The highest BCUT2D eigenvalue weighted by Gasteiger charge is 2.45. The molecule has 4 nitrogen and oxygen atoms in total. The van der Waals surface area contributed by atoms with Gasteiger partial charge < -0.3 is 14.6 Å². The molecule has 1 aromatic rings. The van der Waals surface area contributed by atoms with Gasteiger partial charge in [-0.05, 0) is 52.3 Å². The predicted molar refractivity (Wildman–Crippen MR) is 82.9 cm³/mol. The van der Waals surface area contributed by atoms with Crippen molar-refractivity contribution < 1.29 is 28.2 Å². The molecule has 1 aromatic carbocycles. The average molecular weight is 423 g/mol. The van der Waals surface area contributed by atoms with Crippen molar-refractivity contribution in [1.82, 2.24) is 0 Å². The van der Waals surface area contributed by atoms with Crippen molar-refractivity contribution in [1.29, 1.82) is 0 Å². The summed E-state index contributed by atoms with van der Waals surface area (Å²) in [4.78, 5) is 22.1. The fraction of sp³-hybridized carbons (Fsp3) is 0.333. The minimum absolute atomic E-state index is 0.685. The number of carboxylic acids is 1. The summed E-state index contributed by atoms with van der Waals surface area (Å²) in [5.74, 6) is -8.75. The maximum Gasteiger partial charge on any atom is 0.331 e. The van der Waals surface area contributed by atoms with Crippen LogP contribution in [0.5, 0.6) is 0 Å². The number of alkyl halides is 2. The quantitative estimate of drug-likeness (QED) is 0.400. The van der Waals surface area contributed by atoms with Crippen molar-refractivity contribution in [2.45, 2.75) is 25.9 Å². The van der Waals surface area contributed by atoms with Gasteiger partial charge in [0.2, 0.25) is 0 Å². The molecule has 0 aromatic heterocycles. The molecule has 1 rings (SSSR count). The van der Waals surface area contributed by atoms with E-state index in [1.807, 2.05) is 12.1 Å². The minimum atomic E-state index is -4.25. The maximum absolute atomic E-state index is 13.5. The van der Waals surface area contributed by atoms with Crippen LogP contribution in [0.3, 0.4) is 0 Å². The Kier molecular flexibility index (Phi) is 6.46. The first-order valence-electron chi connectivity index (χ1n) is 6.38. The SMILES string of the molecule is CC(C)C(OC(=O)/C=C/c1ccc(I)cc1)C(F)(F)C(=O)[O-]. The van der Waals surface area contributed by atoms with Crippen LogP contribution in [-0.2, 0) is 14.3 Å². The number of ether oxygens (including phenoxy) is 1. The Morgan fingerprint density at radius 1 is 1.27 bits per heavy atom. The summed E-state index contributed by atoms with van der Waals surface area (Å²) < 4.78 is 32.5. The van der Waals surface area contributed by atoms with Gasteiger partial charge in [-0.25, -0.2) is 4.79 Å². The Morgan fingerprint density at radius 2 is 1.82 bits per heavy atom. The normalized spacial score (nSPS) is 13.4. The van der Waals surface area contributed by atoms with Gasteiger partial charge in [0.1, 0.15) is 5.97 Å². The van der Waals surface area contributed by atoms with Crippen LogP contribution in [-0.4, -0.2) is 24.0 Å². The van der Waals surface area contributed by atoms with Gasteiger partial charge in [0.15, 0.2) is 6.10 Å². The van der Waals surface area contributed by atoms with Gasteiger partial charge in [0.25, 0.3) is 0 Å². The van der Waals surface area contributed by atoms with E-state index in [-0.39, 0.29) is 0 Å². The van der Waals surface area contributed by atoms with E-state index in [9.17, 15) is 23.5 Å². The van der Waals surface area contributed by atoms with Gasteiger partial charge in [-0.15, -0.1) is 0 Å². The van der Waals surface area contributed by atoms with E-state index in [1.165, 1.54) is 19.9 Å². The maximum atomic E-state index is 13.5. The number of rotatable bonds is 6. The third-order valence-corrected chi connectivity index (χ3v) is 3.48. The van der Waals surface area contributed by atoms with Gasteiger partial charge in [-0.3, -0.25) is 0 Å². The summed E-state index contributed by atoms with van der Waals surface area (Å²) >= 11 is 2.12. The molecule has 7 heteroatoms. The molecule has 0 aliphatic carbocycles. The molecular weight excluding hydrogens is 409 g/mol. The number of carbonyl (C=O) groups excluding carboxylic acids is 2. The largest absolute Gasteiger partial charge is 0.544 e. The fourth-order valence-electron chi connectivity index (χ4n) is 1.65. The predicted octanol–water partition coefficient (Wildman–Crippen LogP) is 2.26. The van der Waals surface area contributed by atoms with Crippen molar-refractivity contribution in [3.63, 3.8) is 0 Å². The molecule has 0 aliphatic rings. The number of esters is 1. The van der Waals surface area contributed by atoms with Gasteiger partial charge in [0, 0.05) is 9.65 Å². The second-order valence-corrected chi connectivity index (χ2v) is 6.14. The lowest BCUT2D eigenvalue weighted by Crippen LogP contribution is -2.53. The monoisotopic (exact) mass is 423 g/mol. The molecule has 120 valence electrons. The van der Waals surface area contributed by atoms with E-state index >= 15 is 0 Å². The molecule has 0 fully saturated rings. The van der Waals surface area contributed by atoms with Crippen LogP contribution in [0.4, 0.5) is 8.78 Å². The van der Waals surface area contributed by atoms with Crippen molar-refractivity contribution in [2.75, 3.05) is 0 Å². The fourth-order valence-corrected chi connectivity index (χ4v) is 2.01. The summed E-state index contributed by atoms with van der Waals surface area (Å²) in [7, 11) is 0. The highest BCUT2D eigenvalue weighted by Crippen LogP contribution is 2.27. The number of halogens is 3. The van der Waals surface area contributed by atoms with Crippen LogP contribution < -0.4 is 5.11 Å². The van der Waals surface area contributed by atoms with Gasteiger partial charge in [0.05, 0.1) is 0 Å². The third-order valence-electron chi connectivity index (χ3n) is 2.76. The zero-order valence-electron chi connectivity index (χ0n) is 11.9. The topological polar surface area (TPSA) is 66.4 Å². The molecule has 1 atom stereocenters. The van der Waals surface area contributed by atoms with E-state index in [0.29, 0.717) is 5.56 Å². The summed E-state index contributed by atoms with van der Waals surface area (Å²) in [6, 6.07) is 7.10. The molecule has 0 heterocycles. The molecule has 0 saturated heterocycles. The van der Waals surface area contributed by atoms with E-state index in [4.69, 9.17) is 0 Å². The summed E-state index contributed by atoms with van der Waals surface area (Å²) in [5, 5.41) is 10.5. The van der Waals surface area contributed by atoms with Crippen molar-refractivity contribution >= 4 is 40.6 Å².